The van der Waals surface area contributed by atoms with Crippen molar-refractivity contribution in [3.05, 3.63) is 79.4 Å². The molecule has 144 valence electrons. The van der Waals surface area contributed by atoms with Crippen LogP contribution in [0.3, 0.4) is 0 Å². The van der Waals surface area contributed by atoms with Crippen LogP contribution in [-0.2, 0) is 4.79 Å². The van der Waals surface area contributed by atoms with Gasteiger partial charge in [0.2, 0.25) is 0 Å². The zero-order valence-corrected chi connectivity index (χ0v) is 15.1. The Balaban J connectivity index is 1.87. The van der Waals surface area contributed by atoms with Crippen molar-refractivity contribution in [3.63, 3.8) is 0 Å². The van der Waals surface area contributed by atoms with E-state index in [0.29, 0.717) is 5.56 Å². The fraction of sp³-hybridized carbons (Fsp3) is 0.176. The summed E-state index contributed by atoms with van der Waals surface area (Å²) in [6.45, 7) is 1.89. The van der Waals surface area contributed by atoms with Gasteiger partial charge < -0.3 is 0 Å². The predicted molar refractivity (Wildman–Crippen MR) is 97.6 cm³/mol. The van der Waals surface area contributed by atoms with Gasteiger partial charge >= 0.3 is 0 Å². The number of nitro groups is 2. The standard InChI is InChI=1S/C17H13ClN4O6/c1-9-2-4-10(5-3-9)15-14(18)17(24)20(15)19-16(23)11-6-12(21(25)26)8-13(7-11)22(27)28/h2-8,14-15H,1H3,(H,19,23). The van der Waals surface area contributed by atoms with E-state index >= 15 is 0 Å². The molecule has 1 aliphatic heterocycles. The molecule has 2 aromatic rings. The number of hydrogen-bond donors (Lipinski definition) is 1. The number of aryl methyl sites for hydroxylation is 1. The summed E-state index contributed by atoms with van der Waals surface area (Å²) in [4.78, 5) is 44.8. The van der Waals surface area contributed by atoms with Crippen LogP contribution in [-0.4, -0.2) is 32.0 Å². The quantitative estimate of drug-likeness (QED) is 0.352. The van der Waals surface area contributed by atoms with Gasteiger partial charge in [0, 0.05) is 12.1 Å². The fourth-order valence-corrected chi connectivity index (χ4v) is 3.13. The number of carbonyl (C=O) groups excluding carboxylic acids is 2. The molecule has 28 heavy (non-hydrogen) atoms. The Morgan fingerprint density at radius 2 is 1.61 bits per heavy atom. The number of carbonyl (C=O) groups is 2. The van der Waals surface area contributed by atoms with Gasteiger partial charge in [-0.2, -0.15) is 0 Å². The van der Waals surface area contributed by atoms with Crippen molar-refractivity contribution < 1.29 is 19.4 Å². The summed E-state index contributed by atoms with van der Waals surface area (Å²) < 4.78 is 0. The van der Waals surface area contributed by atoms with Gasteiger partial charge in [-0.15, -0.1) is 11.6 Å². The van der Waals surface area contributed by atoms with Crippen LogP contribution in [0.5, 0.6) is 0 Å². The number of benzene rings is 2. The molecule has 2 unspecified atom stereocenters. The van der Waals surface area contributed by atoms with Crippen LogP contribution < -0.4 is 5.43 Å². The molecule has 1 N–H and O–H groups in total. The summed E-state index contributed by atoms with van der Waals surface area (Å²) in [7, 11) is 0. The maximum atomic E-state index is 12.5. The van der Waals surface area contributed by atoms with Crippen LogP contribution in [0.1, 0.15) is 27.5 Å². The van der Waals surface area contributed by atoms with Gasteiger partial charge in [0.1, 0.15) is 11.4 Å². The van der Waals surface area contributed by atoms with Crippen LogP contribution >= 0.6 is 11.6 Å². The van der Waals surface area contributed by atoms with Gasteiger partial charge in [0.05, 0.1) is 21.5 Å². The molecule has 0 spiro atoms. The molecular weight excluding hydrogens is 392 g/mol. The number of nitrogens with one attached hydrogen (secondary N) is 1. The molecule has 0 bridgehead atoms. The van der Waals surface area contributed by atoms with Crippen molar-refractivity contribution in [3.8, 4) is 0 Å². The van der Waals surface area contributed by atoms with E-state index in [1.54, 1.807) is 12.1 Å². The summed E-state index contributed by atoms with van der Waals surface area (Å²) in [5, 5.41) is 22.1. The fourth-order valence-electron chi connectivity index (χ4n) is 2.77. The molecule has 2 amide bonds. The third kappa shape index (κ3) is 3.49. The van der Waals surface area contributed by atoms with Crippen molar-refractivity contribution >= 4 is 34.8 Å². The first kappa shape index (κ1) is 19.2. The van der Waals surface area contributed by atoms with Gasteiger partial charge in [0.25, 0.3) is 23.2 Å². The largest absolute Gasteiger partial charge is 0.277 e. The van der Waals surface area contributed by atoms with Gasteiger partial charge in [-0.05, 0) is 12.5 Å². The summed E-state index contributed by atoms with van der Waals surface area (Å²) >= 11 is 6.08. The Bertz CT molecular complexity index is 961. The minimum absolute atomic E-state index is 0.325. The van der Waals surface area contributed by atoms with E-state index in [1.807, 2.05) is 19.1 Å². The van der Waals surface area contributed by atoms with E-state index < -0.39 is 44.5 Å². The number of β-lactam (4-membered cyclic amide) rings is 1. The first-order chi connectivity index (χ1) is 13.2. The van der Waals surface area contributed by atoms with E-state index in [-0.39, 0.29) is 5.56 Å². The van der Waals surface area contributed by atoms with Crippen LogP contribution in [0.15, 0.2) is 42.5 Å². The Labute approximate surface area is 163 Å². The average Bonchev–Trinajstić information content (AvgIpc) is 2.68. The predicted octanol–water partition coefficient (Wildman–Crippen LogP) is 2.65. The Morgan fingerprint density at radius 1 is 1.07 bits per heavy atom. The molecule has 0 aromatic heterocycles. The second-order valence-corrected chi connectivity index (χ2v) is 6.63. The number of hydrogen-bond acceptors (Lipinski definition) is 6. The number of amides is 2. The van der Waals surface area contributed by atoms with Crippen LogP contribution in [0.4, 0.5) is 11.4 Å². The van der Waals surface area contributed by atoms with Gasteiger partial charge in [-0.1, -0.05) is 29.8 Å². The second kappa shape index (κ2) is 7.24. The third-order valence-electron chi connectivity index (χ3n) is 4.26. The smallest absolute Gasteiger partial charge is 0.271 e. The monoisotopic (exact) mass is 404 g/mol. The highest BCUT2D eigenvalue weighted by Gasteiger charge is 2.48. The lowest BCUT2D eigenvalue weighted by Gasteiger charge is -2.43. The Kier molecular flexibility index (Phi) is 4.97. The molecule has 0 radical (unpaired) electrons. The van der Waals surface area contributed by atoms with Crippen molar-refractivity contribution in [2.24, 2.45) is 0 Å². The lowest BCUT2D eigenvalue weighted by atomic mass is 9.94. The number of hydrazine groups is 1. The van der Waals surface area contributed by atoms with E-state index in [9.17, 15) is 29.8 Å². The highest BCUT2D eigenvalue weighted by Crippen LogP contribution is 2.37. The zero-order valence-electron chi connectivity index (χ0n) is 14.4. The van der Waals surface area contributed by atoms with Crippen molar-refractivity contribution in [2.75, 3.05) is 0 Å². The molecule has 11 heteroatoms. The number of halogens is 1. The highest BCUT2D eigenvalue weighted by atomic mass is 35.5. The number of non-ortho nitro benzene ring substituents is 2. The number of rotatable bonds is 5. The van der Waals surface area contributed by atoms with E-state index in [4.69, 9.17) is 11.6 Å². The second-order valence-electron chi connectivity index (χ2n) is 6.16. The molecule has 1 saturated heterocycles. The minimum atomic E-state index is -0.902. The number of nitrogens with zero attached hydrogens (tertiary/aromatic N) is 3. The molecule has 2 atom stereocenters. The molecule has 3 rings (SSSR count). The maximum Gasteiger partial charge on any atom is 0.277 e. The van der Waals surface area contributed by atoms with Gasteiger partial charge in [0.15, 0.2) is 0 Å². The molecule has 0 aliphatic carbocycles. The lowest BCUT2D eigenvalue weighted by molar-refractivity contribution is -0.394. The molecule has 1 fully saturated rings. The first-order valence-electron chi connectivity index (χ1n) is 7.97. The Morgan fingerprint density at radius 3 is 2.11 bits per heavy atom. The topological polar surface area (TPSA) is 136 Å². The van der Waals surface area contributed by atoms with Gasteiger partial charge in [-0.3, -0.25) is 35.2 Å². The highest BCUT2D eigenvalue weighted by molar-refractivity contribution is 6.33. The average molecular weight is 405 g/mol. The molecular formula is C17H13ClN4O6. The van der Waals surface area contributed by atoms with Crippen molar-refractivity contribution in [1.82, 2.24) is 10.4 Å². The normalized spacial score (nSPS) is 18.4. The summed E-state index contributed by atoms with van der Waals surface area (Å²) in [5.41, 5.74) is 2.47. The molecule has 0 saturated carbocycles. The SMILES string of the molecule is Cc1ccc(C2C(Cl)C(=O)N2NC(=O)c2cc([N+](=O)[O-])cc([N+](=O)[O-])c2)cc1. The number of alkyl halides is 1. The van der Waals surface area contributed by atoms with Crippen molar-refractivity contribution in [2.45, 2.75) is 18.3 Å². The van der Waals surface area contributed by atoms with Crippen molar-refractivity contribution in [1.29, 1.82) is 0 Å². The zero-order chi connectivity index (χ0) is 20.6. The summed E-state index contributed by atoms with van der Waals surface area (Å²) in [6, 6.07) is 9.08. The van der Waals surface area contributed by atoms with E-state index in [1.165, 1.54) is 0 Å². The third-order valence-corrected chi connectivity index (χ3v) is 4.68. The van der Waals surface area contributed by atoms with Crippen LogP contribution in [0.25, 0.3) is 0 Å². The maximum absolute atomic E-state index is 12.5. The molecule has 1 aliphatic rings. The van der Waals surface area contributed by atoms with E-state index in [0.717, 1.165) is 28.8 Å². The molecule has 10 nitrogen and oxygen atoms in total. The first-order valence-corrected chi connectivity index (χ1v) is 8.41. The van der Waals surface area contributed by atoms with Gasteiger partial charge in [-0.25, -0.2) is 5.01 Å². The van der Waals surface area contributed by atoms with Crippen LogP contribution in [0, 0.1) is 27.2 Å². The number of nitro benzene ring substituents is 2. The lowest BCUT2D eigenvalue weighted by Crippen LogP contribution is -2.63. The van der Waals surface area contributed by atoms with E-state index in [2.05, 4.69) is 5.43 Å². The summed E-state index contributed by atoms with van der Waals surface area (Å²) in [6.07, 6.45) is 0. The Hall–Kier alpha value is -3.53. The van der Waals surface area contributed by atoms with Crippen LogP contribution in [0.2, 0.25) is 0 Å². The minimum Gasteiger partial charge on any atom is -0.271 e. The molecule has 2 aromatic carbocycles. The summed E-state index contributed by atoms with van der Waals surface area (Å²) in [5.74, 6) is -1.46. The molecule has 1 heterocycles.